The third kappa shape index (κ3) is 4.93. The molecule has 0 amide bonds. The molecule has 1 heteroatoms. The molecule has 0 spiro atoms. The topological polar surface area (TPSA) is 0 Å². The van der Waals surface area contributed by atoms with Crippen LogP contribution in [0.4, 0.5) is 0 Å². The van der Waals surface area contributed by atoms with E-state index in [2.05, 4.69) is 97.9 Å². The van der Waals surface area contributed by atoms with Gasteiger partial charge in [-0.3, -0.25) is 0 Å². The SMILES string of the molecule is CCCCCCC[CH2][Ge]([c]1ccccc1)([c]1ccccc1)[c]1ccccc1. The first-order valence-electron chi connectivity index (χ1n) is 10.5. The molecule has 0 heterocycles. The third-order valence-electron chi connectivity index (χ3n) is 5.71. The maximum absolute atomic E-state index is 2.66. The van der Waals surface area contributed by atoms with Crippen molar-refractivity contribution in [1.29, 1.82) is 0 Å². The average molecular weight is 417 g/mol. The van der Waals surface area contributed by atoms with Gasteiger partial charge in [-0.05, 0) is 0 Å². The monoisotopic (exact) mass is 418 g/mol. The Morgan fingerprint density at radius 1 is 0.481 bits per heavy atom. The predicted octanol–water partition coefficient (Wildman–Crippen LogP) is 5.52. The zero-order valence-electron chi connectivity index (χ0n) is 16.6. The van der Waals surface area contributed by atoms with Gasteiger partial charge < -0.3 is 0 Å². The van der Waals surface area contributed by atoms with Crippen LogP contribution in [-0.4, -0.2) is 13.3 Å². The normalized spacial score (nSPS) is 11.4. The molecule has 27 heavy (non-hydrogen) atoms. The molecular formula is C26H32Ge. The zero-order chi connectivity index (χ0) is 18.8. The van der Waals surface area contributed by atoms with Gasteiger partial charge in [-0.2, -0.15) is 0 Å². The molecular weight excluding hydrogens is 385 g/mol. The van der Waals surface area contributed by atoms with Gasteiger partial charge in [0, 0.05) is 0 Å². The molecule has 0 nitrogen and oxygen atoms in total. The summed E-state index contributed by atoms with van der Waals surface area (Å²) in [5, 5.41) is 1.34. The molecule has 3 aromatic carbocycles. The second-order valence-electron chi connectivity index (χ2n) is 7.52. The van der Waals surface area contributed by atoms with Gasteiger partial charge in [0.15, 0.2) is 0 Å². The third-order valence-corrected chi connectivity index (χ3v) is 16.3. The minimum absolute atomic E-state index is 1.32. The Morgan fingerprint density at radius 2 is 0.852 bits per heavy atom. The van der Waals surface area contributed by atoms with Crippen LogP contribution >= 0.6 is 0 Å². The molecule has 0 bridgehead atoms. The summed E-state index contributed by atoms with van der Waals surface area (Å²) in [6.45, 7) is 2.29. The van der Waals surface area contributed by atoms with Crippen molar-refractivity contribution < 1.29 is 0 Å². The first kappa shape index (κ1) is 20.0. The Morgan fingerprint density at radius 3 is 1.26 bits per heavy atom. The number of benzene rings is 3. The Kier molecular flexibility index (Phi) is 7.77. The fourth-order valence-electron chi connectivity index (χ4n) is 4.27. The van der Waals surface area contributed by atoms with Gasteiger partial charge in [0.05, 0.1) is 0 Å². The average Bonchev–Trinajstić information content (AvgIpc) is 2.75. The van der Waals surface area contributed by atoms with Crippen LogP contribution in [0.3, 0.4) is 0 Å². The molecule has 140 valence electrons. The van der Waals surface area contributed by atoms with E-state index < -0.39 is 13.3 Å². The van der Waals surface area contributed by atoms with E-state index in [4.69, 9.17) is 0 Å². The van der Waals surface area contributed by atoms with Crippen LogP contribution in [-0.2, 0) is 0 Å². The van der Waals surface area contributed by atoms with Crippen molar-refractivity contribution in [1.82, 2.24) is 0 Å². The van der Waals surface area contributed by atoms with E-state index in [-0.39, 0.29) is 0 Å². The first-order chi connectivity index (χ1) is 13.4. The zero-order valence-corrected chi connectivity index (χ0v) is 18.7. The van der Waals surface area contributed by atoms with Crippen LogP contribution in [0, 0.1) is 0 Å². The van der Waals surface area contributed by atoms with Gasteiger partial charge in [-0.15, -0.1) is 0 Å². The van der Waals surface area contributed by atoms with Crippen molar-refractivity contribution in [2.75, 3.05) is 0 Å². The van der Waals surface area contributed by atoms with Crippen molar-refractivity contribution in [2.24, 2.45) is 0 Å². The number of unbranched alkanes of at least 4 members (excludes halogenated alkanes) is 5. The van der Waals surface area contributed by atoms with E-state index >= 15 is 0 Å². The summed E-state index contributed by atoms with van der Waals surface area (Å²) in [7, 11) is 0. The second-order valence-corrected chi connectivity index (χ2v) is 16.0. The predicted molar refractivity (Wildman–Crippen MR) is 122 cm³/mol. The molecule has 0 aliphatic carbocycles. The van der Waals surface area contributed by atoms with E-state index in [1.54, 1.807) is 13.2 Å². The minimum atomic E-state index is -2.66. The fourth-order valence-corrected chi connectivity index (χ4v) is 14.6. The standard InChI is InChI=1S/C26H32Ge/c1-2-3-4-5-6-16-23-27(24-17-10-7-11-18-24,25-19-12-8-13-20-25)26-21-14-9-15-22-26/h7-15,17-22H,2-6,16,23H2,1H3. The van der Waals surface area contributed by atoms with E-state index in [0.717, 1.165) is 0 Å². The number of hydrogen-bond acceptors (Lipinski definition) is 0. The molecule has 0 N–H and O–H groups in total. The van der Waals surface area contributed by atoms with E-state index in [1.165, 1.54) is 43.8 Å². The van der Waals surface area contributed by atoms with E-state index in [9.17, 15) is 0 Å². The van der Waals surface area contributed by atoms with Crippen LogP contribution < -0.4 is 13.2 Å². The summed E-state index contributed by atoms with van der Waals surface area (Å²) in [6, 6.07) is 34.1. The van der Waals surface area contributed by atoms with Crippen LogP contribution in [0.25, 0.3) is 0 Å². The fraction of sp³-hybridized carbons (Fsp3) is 0.308. The van der Waals surface area contributed by atoms with Gasteiger partial charge >= 0.3 is 168 Å². The Labute approximate surface area is 168 Å². The summed E-state index contributed by atoms with van der Waals surface area (Å²) < 4.78 is 4.76. The van der Waals surface area contributed by atoms with Gasteiger partial charge in [-0.1, -0.05) is 0 Å². The van der Waals surface area contributed by atoms with Crippen molar-refractivity contribution in [3.8, 4) is 0 Å². The van der Waals surface area contributed by atoms with Crippen LogP contribution in [0.1, 0.15) is 45.4 Å². The quantitative estimate of drug-likeness (QED) is 0.301. The van der Waals surface area contributed by atoms with Crippen molar-refractivity contribution in [3.05, 3.63) is 91.0 Å². The van der Waals surface area contributed by atoms with Gasteiger partial charge in [0.1, 0.15) is 0 Å². The Hall–Kier alpha value is -1.80. The van der Waals surface area contributed by atoms with Crippen LogP contribution in [0.15, 0.2) is 91.0 Å². The van der Waals surface area contributed by atoms with Crippen molar-refractivity contribution in [3.63, 3.8) is 0 Å². The van der Waals surface area contributed by atoms with Gasteiger partial charge in [0.25, 0.3) is 0 Å². The summed E-state index contributed by atoms with van der Waals surface area (Å²) in [6.07, 6.45) is 8.16. The van der Waals surface area contributed by atoms with Crippen molar-refractivity contribution >= 4 is 26.5 Å². The first-order valence-corrected chi connectivity index (χ1v) is 15.2. The molecule has 0 aromatic heterocycles. The molecule has 0 saturated heterocycles. The Balaban J connectivity index is 1.98. The van der Waals surface area contributed by atoms with Gasteiger partial charge in [0.2, 0.25) is 0 Å². The molecule has 0 atom stereocenters. The summed E-state index contributed by atoms with van der Waals surface area (Å²) >= 11 is -2.66. The molecule has 0 fully saturated rings. The second kappa shape index (κ2) is 10.5. The molecule has 3 aromatic rings. The maximum atomic E-state index is 2.39. The Bertz CT molecular complexity index is 668. The number of rotatable bonds is 10. The van der Waals surface area contributed by atoms with Crippen LogP contribution in [0.5, 0.6) is 0 Å². The molecule has 3 rings (SSSR count). The van der Waals surface area contributed by atoms with E-state index in [1.807, 2.05) is 0 Å². The molecule has 0 unspecified atom stereocenters. The summed E-state index contributed by atoms with van der Waals surface area (Å²) in [5.74, 6) is 0. The van der Waals surface area contributed by atoms with Crippen LogP contribution in [0.2, 0.25) is 5.25 Å². The number of hydrogen-bond donors (Lipinski definition) is 0. The van der Waals surface area contributed by atoms with Gasteiger partial charge in [-0.25, -0.2) is 0 Å². The van der Waals surface area contributed by atoms with E-state index in [0.29, 0.717) is 0 Å². The summed E-state index contributed by atoms with van der Waals surface area (Å²) in [4.78, 5) is 0. The van der Waals surface area contributed by atoms with Crippen molar-refractivity contribution in [2.45, 2.75) is 50.7 Å². The molecule has 0 saturated carbocycles. The molecule has 0 aliphatic rings. The molecule has 0 radical (unpaired) electrons. The molecule has 0 aliphatic heterocycles. The summed E-state index contributed by atoms with van der Waals surface area (Å²) in [5.41, 5.74) is 0.